The Balaban J connectivity index is 2.25. The minimum Gasteiger partial charge on any atom is -0.508 e. The molecule has 0 heterocycles. The van der Waals surface area contributed by atoms with Crippen molar-refractivity contribution in [1.29, 1.82) is 0 Å². The predicted molar refractivity (Wildman–Crippen MR) is 72.7 cm³/mol. The first-order chi connectivity index (χ1) is 8.63. The molecule has 1 amide bonds. The van der Waals surface area contributed by atoms with Gasteiger partial charge in [-0.1, -0.05) is 18.5 Å². The van der Waals surface area contributed by atoms with E-state index in [-0.39, 0.29) is 11.7 Å². The molecule has 0 spiro atoms. The van der Waals surface area contributed by atoms with Crippen molar-refractivity contribution in [1.82, 2.24) is 10.6 Å². The number of carbonyl (C=O) groups excluding carboxylic acids is 1. The van der Waals surface area contributed by atoms with E-state index in [2.05, 4.69) is 10.6 Å². The molecule has 0 aromatic heterocycles. The number of nitrogens with one attached hydrogen (secondary N) is 2. The maximum Gasteiger partial charge on any atom is 0.221 e. The minimum absolute atomic E-state index is 0.0414. The number of phenolic OH excluding ortho intramolecular Hbond substituents is 1. The second-order valence-electron chi connectivity index (χ2n) is 4.05. The quantitative estimate of drug-likeness (QED) is 0.665. The summed E-state index contributed by atoms with van der Waals surface area (Å²) in [4.78, 5) is 11.3. The number of benzene rings is 1. The predicted octanol–water partition coefficient (Wildman–Crippen LogP) is 2.05. The van der Waals surface area contributed by atoms with Crippen molar-refractivity contribution in [3.63, 3.8) is 0 Å². The lowest BCUT2D eigenvalue weighted by Crippen LogP contribution is -2.28. The van der Waals surface area contributed by atoms with E-state index in [1.165, 1.54) is 0 Å². The first kappa shape index (κ1) is 14.8. The first-order valence-electron chi connectivity index (χ1n) is 6.08. The summed E-state index contributed by atoms with van der Waals surface area (Å²) in [5, 5.41) is 16.1. The summed E-state index contributed by atoms with van der Waals surface area (Å²) < 4.78 is 0. The lowest BCUT2D eigenvalue weighted by molar-refractivity contribution is -0.120. The van der Waals surface area contributed by atoms with Gasteiger partial charge in [-0.25, -0.2) is 0 Å². The molecule has 4 nitrogen and oxygen atoms in total. The van der Waals surface area contributed by atoms with Crippen molar-refractivity contribution >= 4 is 17.5 Å². The van der Waals surface area contributed by atoms with Crippen LogP contribution in [0.5, 0.6) is 5.75 Å². The topological polar surface area (TPSA) is 61.4 Å². The van der Waals surface area contributed by atoms with Gasteiger partial charge >= 0.3 is 0 Å². The molecule has 0 unspecified atom stereocenters. The van der Waals surface area contributed by atoms with Gasteiger partial charge in [0, 0.05) is 36.6 Å². The average molecular weight is 271 g/mol. The monoisotopic (exact) mass is 270 g/mol. The highest BCUT2D eigenvalue weighted by atomic mass is 35.5. The molecule has 0 atom stereocenters. The fraction of sp³-hybridized carbons (Fsp3) is 0.462. The molecule has 18 heavy (non-hydrogen) atoms. The Bertz CT molecular complexity index is 397. The Kier molecular flexibility index (Phi) is 6.54. The van der Waals surface area contributed by atoms with Crippen molar-refractivity contribution in [2.24, 2.45) is 0 Å². The van der Waals surface area contributed by atoms with E-state index < -0.39 is 0 Å². The van der Waals surface area contributed by atoms with E-state index in [9.17, 15) is 9.90 Å². The summed E-state index contributed by atoms with van der Waals surface area (Å²) in [6.45, 7) is 3.79. The Morgan fingerprint density at radius 3 is 2.89 bits per heavy atom. The molecule has 5 heteroatoms. The molecule has 0 aliphatic heterocycles. The Hall–Kier alpha value is -1.26. The highest BCUT2D eigenvalue weighted by Gasteiger charge is 2.03. The van der Waals surface area contributed by atoms with E-state index in [0.717, 1.165) is 12.0 Å². The van der Waals surface area contributed by atoms with Gasteiger partial charge in [0.25, 0.3) is 0 Å². The fourth-order valence-corrected chi connectivity index (χ4v) is 1.67. The second kappa shape index (κ2) is 7.95. The number of hydrogen-bond donors (Lipinski definition) is 3. The third-order valence-corrected chi connectivity index (χ3v) is 2.69. The van der Waals surface area contributed by atoms with Crippen LogP contribution in [0, 0.1) is 0 Å². The second-order valence-corrected chi connectivity index (χ2v) is 4.49. The summed E-state index contributed by atoms with van der Waals surface area (Å²) in [6.07, 6.45) is 1.37. The number of carbonyl (C=O) groups is 1. The number of halogens is 1. The maximum atomic E-state index is 11.3. The van der Waals surface area contributed by atoms with Crippen LogP contribution in [0.4, 0.5) is 0 Å². The van der Waals surface area contributed by atoms with Crippen LogP contribution in [0.15, 0.2) is 18.2 Å². The molecule has 0 bridgehead atoms. The molecular weight excluding hydrogens is 252 g/mol. The highest BCUT2D eigenvalue weighted by Crippen LogP contribution is 2.20. The average Bonchev–Trinajstić information content (AvgIpc) is 2.36. The van der Waals surface area contributed by atoms with Gasteiger partial charge in [0.05, 0.1) is 0 Å². The molecule has 0 aliphatic rings. The SMILES string of the molecule is CCCNC(=O)CCNCc1cc(Cl)ccc1O. The van der Waals surface area contributed by atoms with Crippen LogP contribution >= 0.6 is 11.6 Å². The molecule has 1 aromatic rings. The molecule has 1 rings (SSSR count). The summed E-state index contributed by atoms with van der Waals surface area (Å²) >= 11 is 5.83. The molecule has 0 saturated carbocycles. The van der Waals surface area contributed by atoms with Gasteiger partial charge in [-0.15, -0.1) is 0 Å². The molecule has 0 radical (unpaired) electrons. The van der Waals surface area contributed by atoms with Crippen LogP contribution in [-0.4, -0.2) is 24.1 Å². The van der Waals surface area contributed by atoms with Crippen molar-refractivity contribution in [2.75, 3.05) is 13.1 Å². The van der Waals surface area contributed by atoms with Crippen LogP contribution in [0.3, 0.4) is 0 Å². The van der Waals surface area contributed by atoms with Crippen LogP contribution in [0.2, 0.25) is 5.02 Å². The zero-order valence-electron chi connectivity index (χ0n) is 10.5. The Morgan fingerprint density at radius 2 is 2.17 bits per heavy atom. The molecule has 1 aromatic carbocycles. The fourth-order valence-electron chi connectivity index (χ4n) is 1.47. The summed E-state index contributed by atoms with van der Waals surface area (Å²) in [7, 11) is 0. The van der Waals surface area contributed by atoms with Gasteiger partial charge in [0.15, 0.2) is 0 Å². The summed E-state index contributed by atoms with van der Waals surface area (Å²) in [5.41, 5.74) is 0.733. The summed E-state index contributed by atoms with van der Waals surface area (Å²) in [5.74, 6) is 0.252. The molecule has 0 aliphatic carbocycles. The zero-order valence-corrected chi connectivity index (χ0v) is 11.3. The van der Waals surface area contributed by atoms with E-state index >= 15 is 0 Å². The van der Waals surface area contributed by atoms with Crippen LogP contribution in [-0.2, 0) is 11.3 Å². The minimum atomic E-state index is 0.0414. The number of aromatic hydroxyl groups is 1. The van der Waals surface area contributed by atoms with Gasteiger partial charge in [-0.05, 0) is 24.6 Å². The molecule has 0 fully saturated rings. The standard InChI is InChI=1S/C13H19ClN2O2/c1-2-6-16-13(18)5-7-15-9-10-8-11(14)3-4-12(10)17/h3-4,8,15,17H,2,5-7,9H2,1H3,(H,16,18). The zero-order chi connectivity index (χ0) is 13.4. The van der Waals surface area contributed by atoms with Gasteiger partial charge in [0.2, 0.25) is 5.91 Å². The third kappa shape index (κ3) is 5.38. The van der Waals surface area contributed by atoms with Crippen LogP contribution in [0.25, 0.3) is 0 Å². The first-order valence-corrected chi connectivity index (χ1v) is 6.46. The van der Waals surface area contributed by atoms with Crippen molar-refractivity contribution < 1.29 is 9.90 Å². The van der Waals surface area contributed by atoms with Crippen LogP contribution < -0.4 is 10.6 Å². The van der Waals surface area contributed by atoms with E-state index in [1.807, 2.05) is 6.92 Å². The maximum absolute atomic E-state index is 11.3. The van der Waals surface area contributed by atoms with Gasteiger partial charge in [-0.2, -0.15) is 0 Å². The lowest BCUT2D eigenvalue weighted by Gasteiger charge is -2.07. The third-order valence-electron chi connectivity index (χ3n) is 2.46. The molecular formula is C13H19ClN2O2. The van der Waals surface area contributed by atoms with Gasteiger partial charge < -0.3 is 15.7 Å². The largest absolute Gasteiger partial charge is 0.508 e. The van der Waals surface area contributed by atoms with Gasteiger partial charge in [0.1, 0.15) is 5.75 Å². The Labute approximate surface area is 112 Å². The normalized spacial score (nSPS) is 10.3. The van der Waals surface area contributed by atoms with Crippen molar-refractivity contribution in [3.05, 3.63) is 28.8 Å². The van der Waals surface area contributed by atoms with Crippen molar-refractivity contribution in [2.45, 2.75) is 26.3 Å². The highest BCUT2D eigenvalue weighted by molar-refractivity contribution is 6.30. The number of rotatable bonds is 7. The summed E-state index contributed by atoms with van der Waals surface area (Å²) in [6, 6.07) is 4.91. The molecule has 3 N–H and O–H groups in total. The molecule has 100 valence electrons. The molecule has 0 saturated heterocycles. The van der Waals surface area contributed by atoms with Gasteiger partial charge in [-0.3, -0.25) is 4.79 Å². The van der Waals surface area contributed by atoms with E-state index in [1.54, 1.807) is 18.2 Å². The van der Waals surface area contributed by atoms with Crippen molar-refractivity contribution in [3.8, 4) is 5.75 Å². The lowest BCUT2D eigenvalue weighted by atomic mass is 10.2. The Morgan fingerprint density at radius 1 is 1.39 bits per heavy atom. The number of phenols is 1. The number of hydrogen-bond acceptors (Lipinski definition) is 3. The smallest absolute Gasteiger partial charge is 0.221 e. The number of amides is 1. The van der Waals surface area contributed by atoms with E-state index in [4.69, 9.17) is 11.6 Å². The van der Waals surface area contributed by atoms with E-state index in [0.29, 0.717) is 31.1 Å². The van der Waals surface area contributed by atoms with Crippen LogP contribution in [0.1, 0.15) is 25.3 Å².